The molecule has 0 aliphatic heterocycles. The molecular weight excluding hydrogens is 676 g/mol. The molecule has 286 valence electrons. The van der Waals surface area contributed by atoms with E-state index in [0.717, 1.165) is 64.6 Å². The van der Waals surface area contributed by atoms with Gasteiger partial charge in [-0.1, -0.05) is 140 Å². The Morgan fingerprint density at radius 3 is 1.02 bits per heavy atom. The molecule has 0 amide bonds. The monoisotopic (exact) mass is 745 g/mol. The topological polar surface area (TPSA) is 67.2 Å². The standard InChI is InChI=1S/C43H58N2O.2CH4O.CH3.Ti/c1-30(2)39-22-37(23-40(31(3)4)34(39)9)28-44(26-35-16-12-10-13-17-35)20-21-45(27-36-18-14-11-15-19-36)29-38-24-41(32(5)6)43(46)42(25-38)33(7)8;2*1-2;;/h10-19,22-25,30-33,46H,20-21,26-29H2,1-9H3;2*2H,1H3;1H3;/q;;;-1;. The molecule has 3 N–H and O–H groups in total. The van der Waals surface area contributed by atoms with Gasteiger partial charge in [0.25, 0.3) is 0 Å². The van der Waals surface area contributed by atoms with Crippen LogP contribution in [0.5, 0.6) is 5.75 Å². The summed E-state index contributed by atoms with van der Waals surface area (Å²) in [5, 5.41) is 25.1. The summed E-state index contributed by atoms with van der Waals surface area (Å²) in [5.74, 6) is 2.00. The van der Waals surface area contributed by atoms with Crippen molar-refractivity contribution in [1.29, 1.82) is 0 Å². The van der Waals surface area contributed by atoms with E-state index in [-0.39, 0.29) is 41.0 Å². The molecule has 4 aromatic carbocycles. The summed E-state index contributed by atoms with van der Waals surface area (Å²) in [4.78, 5) is 5.21. The Balaban J connectivity index is 0.00000419. The zero-order chi connectivity index (χ0) is 37.4. The molecule has 0 unspecified atom stereocenters. The first-order valence-corrected chi connectivity index (χ1v) is 18.3. The van der Waals surface area contributed by atoms with Gasteiger partial charge in [-0.25, -0.2) is 0 Å². The van der Waals surface area contributed by atoms with Crippen LogP contribution in [0, 0.1) is 14.4 Å². The molecule has 0 saturated carbocycles. The first kappa shape index (κ1) is 49.2. The second-order valence-electron chi connectivity index (χ2n) is 14.5. The molecule has 0 saturated heterocycles. The summed E-state index contributed by atoms with van der Waals surface area (Å²) in [7, 11) is 2.00. The second kappa shape index (κ2) is 25.3. The minimum Gasteiger partial charge on any atom is -0.507 e. The third-order valence-electron chi connectivity index (χ3n) is 9.31. The number of aliphatic hydroxyl groups excluding tert-OH is 2. The van der Waals surface area contributed by atoms with Crippen molar-refractivity contribution < 1.29 is 37.0 Å². The van der Waals surface area contributed by atoms with Gasteiger partial charge in [0.1, 0.15) is 5.75 Å². The molecule has 0 heterocycles. The normalized spacial score (nSPS) is 10.9. The molecule has 0 radical (unpaired) electrons. The van der Waals surface area contributed by atoms with Gasteiger partial charge in [0.2, 0.25) is 0 Å². The van der Waals surface area contributed by atoms with Crippen molar-refractivity contribution in [2.75, 3.05) is 27.3 Å². The maximum absolute atomic E-state index is 11.1. The van der Waals surface area contributed by atoms with Gasteiger partial charge in [-0.15, -0.1) is 0 Å². The largest absolute Gasteiger partial charge is 0.507 e. The van der Waals surface area contributed by atoms with Crippen LogP contribution >= 0.6 is 0 Å². The van der Waals surface area contributed by atoms with Gasteiger partial charge in [-0.2, -0.15) is 0 Å². The van der Waals surface area contributed by atoms with Crippen LogP contribution in [0.4, 0.5) is 0 Å². The molecule has 6 heteroatoms. The van der Waals surface area contributed by atoms with E-state index in [0.29, 0.717) is 17.6 Å². The molecule has 5 nitrogen and oxygen atoms in total. The molecule has 0 spiro atoms. The number of benzene rings is 4. The van der Waals surface area contributed by atoms with Crippen LogP contribution in [0.25, 0.3) is 0 Å². The maximum Gasteiger partial charge on any atom is 0.122 e. The number of rotatable bonds is 15. The summed E-state index contributed by atoms with van der Waals surface area (Å²) >= 11 is 0. The number of phenolic OH excluding ortho intramolecular Hbond substituents is 1. The van der Waals surface area contributed by atoms with Crippen LogP contribution < -0.4 is 0 Å². The average Bonchev–Trinajstić information content (AvgIpc) is 3.10. The number of aliphatic hydroxyl groups is 2. The van der Waals surface area contributed by atoms with E-state index in [1.165, 1.54) is 38.9 Å². The number of hydrogen-bond acceptors (Lipinski definition) is 5. The van der Waals surface area contributed by atoms with Crippen LogP contribution in [0.15, 0.2) is 84.9 Å². The van der Waals surface area contributed by atoms with Crippen molar-refractivity contribution >= 4 is 0 Å². The Morgan fingerprint density at radius 2 is 0.731 bits per heavy atom. The van der Waals surface area contributed by atoms with Gasteiger partial charge in [0.05, 0.1) is 0 Å². The molecule has 0 atom stereocenters. The van der Waals surface area contributed by atoms with Crippen molar-refractivity contribution in [3.63, 3.8) is 0 Å². The predicted octanol–water partition coefficient (Wildman–Crippen LogP) is 10.6. The van der Waals surface area contributed by atoms with Crippen LogP contribution in [-0.4, -0.2) is 52.4 Å². The first-order valence-electron chi connectivity index (χ1n) is 18.3. The van der Waals surface area contributed by atoms with E-state index in [1.807, 2.05) is 0 Å². The molecule has 0 aromatic heterocycles. The second-order valence-corrected chi connectivity index (χ2v) is 14.5. The van der Waals surface area contributed by atoms with E-state index in [9.17, 15) is 5.11 Å². The minimum atomic E-state index is 0. The van der Waals surface area contributed by atoms with Gasteiger partial charge in [0, 0.05) is 75.2 Å². The maximum atomic E-state index is 11.1. The van der Waals surface area contributed by atoms with Crippen molar-refractivity contribution in [3.05, 3.63) is 142 Å². The molecule has 0 aliphatic carbocycles. The van der Waals surface area contributed by atoms with Gasteiger partial charge in [0.15, 0.2) is 0 Å². The minimum absolute atomic E-state index is 0. The molecule has 4 aromatic rings. The first-order chi connectivity index (χ1) is 23.9. The molecule has 0 bridgehead atoms. The van der Waals surface area contributed by atoms with Crippen molar-refractivity contribution in [3.8, 4) is 5.75 Å². The Bertz CT molecular complexity index is 1360. The van der Waals surface area contributed by atoms with Gasteiger partial charge < -0.3 is 22.7 Å². The average molecular weight is 746 g/mol. The quantitative estimate of drug-likeness (QED) is 0.0835. The summed E-state index contributed by atoms with van der Waals surface area (Å²) in [5.41, 5.74) is 11.8. The number of hydrogen-bond donors (Lipinski definition) is 3. The Kier molecular flexibility index (Phi) is 23.9. The third kappa shape index (κ3) is 14.9. The Morgan fingerprint density at radius 1 is 0.462 bits per heavy atom. The van der Waals surface area contributed by atoms with Crippen LogP contribution in [0.3, 0.4) is 0 Å². The smallest absolute Gasteiger partial charge is 0.122 e. The summed E-state index contributed by atoms with van der Waals surface area (Å²) in [6.45, 7) is 25.7. The fourth-order valence-electron chi connectivity index (χ4n) is 6.74. The molecule has 0 fully saturated rings. The van der Waals surface area contributed by atoms with Gasteiger partial charge >= 0.3 is 0 Å². The van der Waals surface area contributed by atoms with Crippen molar-refractivity contribution in [1.82, 2.24) is 9.80 Å². The molecule has 4 rings (SSSR count). The number of aromatic hydroxyl groups is 1. The molecule has 52 heavy (non-hydrogen) atoms. The zero-order valence-corrected chi connectivity index (χ0v) is 35.9. The Hall–Kier alpha value is -2.77. The number of phenols is 1. The summed E-state index contributed by atoms with van der Waals surface area (Å²) in [6.07, 6.45) is 0. The van der Waals surface area contributed by atoms with Gasteiger partial charge in [-0.3, -0.25) is 9.80 Å². The number of nitrogens with zero attached hydrogens (tertiary/aromatic N) is 2. The van der Waals surface area contributed by atoms with E-state index < -0.39 is 0 Å². The van der Waals surface area contributed by atoms with E-state index in [2.05, 4.69) is 157 Å². The predicted molar refractivity (Wildman–Crippen MR) is 219 cm³/mol. The third-order valence-corrected chi connectivity index (χ3v) is 9.31. The zero-order valence-electron chi connectivity index (χ0n) is 34.4. The Labute approximate surface area is 333 Å². The summed E-state index contributed by atoms with van der Waals surface area (Å²) < 4.78 is 0. The van der Waals surface area contributed by atoms with E-state index in [1.54, 1.807) is 0 Å². The van der Waals surface area contributed by atoms with Gasteiger partial charge in [-0.05, 0) is 80.7 Å². The van der Waals surface area contributed by atoms with Crippen LogP contribution in [-0.2, 0) is 47.9 Å². The SMILES string of the molecule is CO.CO.Cc1c(C(C)C)cc(CN(CCN(Cc2ccccc2)Cc2cc(C(C)C)c(O)c(C(C)C)c2)Cc2ccccc2)cc1C(C)C.[CH3-].[Ti]. The fraction of sp³-hybridized carbons (Fsp3) is 0.457. The fourth-order valence-corrected chi connectivity index (χ4v) is 6.74. The van der Waals surface area contributed by atoms with E-state index >= 15 is 0 Å². The summed E-state index contributed by atoms with van der Waals surface area (Å²) in [6, 6.07) is 31.1. The van der Waals surface area contributed by atoms with Crippen molar-refractivity contribution in [2.45, 2.75) is 112 Å². The van der Waals surface area contributed by atoms with Crippen LogP contribution in [0.2, 0.25) is 0 Å². The van der Waals surface area contributed by atoms with Crippen molar-refractivity contribution in [2.24, 2.45) is 0 Å². The molecular formula is C46H69N2O3Ti-. The molecule has 0 aliphatic rings. The van der Waals surface area contributed by atoms with E-state index in [4.69, 9.17) is 10.2 Å². The van der Waals surface area contributed by atoms with Crippen LogP contribution in [0.1, 0.15) is 129 Å².